The Hall–Kier alpha value is -2.40. The van der Waals surface area contributed by atoms with E-state index in [4.69, 9.17) is 5.11 Å². The number of carboxylic acids is 1. The van der Waals surface area contributed by atoms with Crippen molar-refractivity contribution in [3.05, 3.63) is 41.6 Å². The molecule has 1 atom stereocenters. The lowest BCUT2D eigenvalue weighted by Gasteiger charge is -2.15. The maximum atomic E-state index is 13.6. The Labute approximate surface area is 129 Å². The van der Waals surface area contributed by atoms with Crippen molar-refractivity contribution < 1.29 is 27.1 Å². The molecule has 0 aliphatic rings. The van der Waals surface area contributed by atoms with Crippen molar-refractivity contribution in [2.75, 3.05) is 0 Å². The van der Waals surface area contributed by atoms with Crippen LogP contribution >= 0.6 is 0 Å². The van der Waals surface area contributed by atoms with Gasteiger partial charge in [0.15, 0.2) is 5.03 Å². The highest BCUT2D eigenvalue weighted by Gasteiger charge is 2.28. The van der Waals surface area contributed by atoms with Gasteiger partial charge in [-0.2, -0.15) is 4.72 Å². The number of aromatic nitrogens is 3. The first-order valence-corrected chi connectivity index (χ1v) is 7.73. The smallest absolute Gasteiger partial charge is 0.322 e. The van der Waals surface area contributed by atoms with Crippen molar-refractivity contribution >= 4 is 16.0 Å². The lowest BCUT2D eigenvalue weighted by molar-refractivity contribution is -0.138. The van der Waals surface area contributed by atoms with Crippen LogP contribution < -0.4 is 4.72 Å². The van der Waals surface area contributed by atoms with Gasteiger partial charge in [-0.1, -0.05) is 11.3 Å². The number of hydrogen-bond donors (Lipinski definition) is 2. The predicted octanol–water partition coefficient (Wildman–Crippen LogP) is 0.0675. The largest absolute Gasteiger partial charge is 0.480 e. The molecule has 124 valence electrons. The zero-order valence-electron chi connectivity index (χ0n) is 11.8. The standard InChI is InChI=1S/C12H12F2N4O4S/c1-18-11(6-15-17-18)23(21,22)16-10(12(19)20)4-7-2-3-8(13)5-9(7)14/h2-3,5-6,10,16H,4H2,1H3,(H,19,20)/t10-/m1/s1. The van der Waals surface area contributed by atoms with Gasteiger partial charge in [-0.25, -0.2) is 21.9 Å². The number of aryl methyl sites for hydroxylation is 1. The summed E-state index contributed by atoms with van der Waals surface area (Å²) in [5.41, 5.74) is -0.135. The normalized spacial score (nSPS) is 13.0. The minimum absolute atomic E-state index is 0.135. The van der Waals surface area contributed by atoms with Crippen LogP contribution in [-0.4, -0.2) is 40.5 Å². The lowest BCUT2D eigenvalue weighted by atomic mass is 10.1. The van der Waals surface area contributed by atoms with Crippen LogP contribution in [0.4, 0.5) is 8.78 Å². The number of sulfonamides is 1. The molecule has 0 bridgehead atoms. The molecule has 2 N–H and O–H groups in total. The first kappa shape index (κ1) is 17.0. The van der Waals surface area contributed by atoms with E-state index in [0.717, 1.165) is 23.0 Å². The lowest BCUT2D eigenvalue weighted by Crippen LogP contribution is -2.42. The van der Waals surface area contributed by atoms with Crippen molar-refractivity contribution in [2.45, 2.75) is 17.5 Å². The van der Waals surface area contributed by atoms with Gasteiger partial charge in [0.05, 0.1) is 6.20 Å². The van der Waals surface area contributed by atoms with E-state index >= 15 is 0 Å². The summed E-state index contributed by atoms with van der Waals surface area (Å²) in [5, 5.41) is 15.6. The van der Waals surface area contributed by atoms with E-state index in [-0.39, 0.29) is 10.6 Å². The van der Waals surface area contributed by atoms with E-state index < -0.39 is 40.1 Å². The molecule has 0 saturated heterocycles. The number of hydrogen-bond acceptors (Lipinski definition) is 5. The second-order valence-electron chi connectivity index (χ2n) is 4.65. The third kappa shape index (κ3) is 3.87. The number of aliphatic carboxylic acids is 1. The molecule has 0 amide bonds. The molecule has 23 heavy (non-hydrogen) atoms. The fourth-order valence-electron chi connectivity index (χ4n) is 1.86. The molecule has 0 aliphatic heterocycles. The Kier molecular flexibility index (Phi) is 4.71. The molecule has 1 aromatic heterocycles. The monoisotopic (exact) mass is 346 g/mol. The maximum absolute atomic E-state index is 13.6. The van der Waals surface area contributed by atoms with Gasteiger partial charge < -0.3 is 5.11 Å². The van der Waals surface area contributed by atoms with Gasteiger partial charge in [0.1, 0.15) is 17.7 Å². The topological polar surface area (TPSA) is 114 Å². The van der Waals surface area contributed by atoms with Crippen LogP contribution in [0.3, 0.4) is 0 Å². The summed E-state index contributed by atoms with van der Waals surface area (Å²) >= 11 is 0. The average molecular weight is 346 g/mol. The number of nitrogens with zero attached hydrogens (tertiary/aromatic N) is 3. The molecule has 0 saturated carbocycles. The average Bonchev–Trinajstić information content (AvgIpc) is 2.87. The highest BCUT2D eigenvalue weighted by molar-refractivity contribution is 7.89. The van der Waals surface area contributed by atoms with Crippen LogP contribution in [0.25, 0.3) is 0 Å². The van der Waals surface area contributed by atoms with E-state index in [2.05, 4.69) is 10.3 Å². The number of carboxylic acid groups (broad SMARTS) is 1. The zero-order valence-corrected chi connectivity index (χ0v) is 12.6. The Bertz CT molecular complexity index is 837. The summed E-state index contributed by atoms with van der Waals surface area (Å²) in [4.78, 5) is 11.3. The molecule has 0 fully saturated rings. The second-order valence-corrected chi connectivity index (χ2v) is 6.31. The molecule has 2 rings (SSSR count). The van der Waals surface area contributed by atoms with Gasteiger partial charge in [-0.15, -0.1) is 5.10 Å². The molecule has 0 unspecified atom stereocenters. The molecule has 2 aromatic rings. The molecule has 11 heteroatoms. The molecular weight excluding hydrogens is 334 g/mol. The molecule has 8 nitrogen and oxygen atoms in total. The van der Waals surface area contributed by atoms with E-state index in [1.807, 2.05) is 4.72 Å². The van der Waals surface area contributed by atoms with Gasteiger partial charge in [0.2, 0.25) is 0 Å². The summed E-state index contributed by atoms with van der Waals surface area (Å²) in [5.74, 6) is -3.29. The Morgan fingerprint density at radius 3 is 2.65 bits per heavy atom. The van der Waals surface area contributed by atoms with Crippen LogP contribution in [0.1, 0.15) is 5.56 Å². The van der Waals surface area contributed by atoms with E-state index in [1.165, 1.54) is 7.05 Å². The number of halogens is 2. The molecular formula is C12H12F2N4O4S. The van der Waals surface area contributed by atoms with E-state index in [0.29, 0.717) is 6.07 Å². The first-order valence-electron chi connectivity index (χ1n) is 6.24. The van der Waals surface area contributed by atoms with Crippen LogP contribution in [-0.2, 0) is 28.3 Å². The quantitative estimate of drug-likeness (QED) is 0.765. The summed E-state index contributed by atoms with van der Waals surface area (Å²) in [6, 6.07) is 0.959. The SMILES string of the molecule is Cn1nncc1S(=O)(=O)N[C@H](Cc1ccc(F)cc1F)C(=O)O. The molecule has 0 radical (unpaired) electrons. The van der Waals surface area contributed by atoms with Gasteiger partial charge in [-0.05, 0) is 11.6 Å². The summed E-state index contributed by atoms with van der Waals surface area (Å²) < 4.78 is 53.6. The zero-order chi connectivity index (χ0) is 17.2. The number of benzene rings is 1. The Morgan fingerprint density at radius 1 is 1.43 bits per heavy atom. The third-order valence-corrected chi connectivity index (χ3v) is 4.50. The molecule has 0 spiro atoms. The molecule has 1 heterocycles. The number of rotatable bonds is 6. The van der Waals surface area contributed by atoms with Crippen LogP contribution in [0, 0.1) is 11.6 Å². The Morgan fingerprint density at radius 2 is 2.13 bits per heavy atom. The predicted molar refractivity (Wildman–Crippen MR) is 72.8 cm³/mol. The first-order chi connectivity index (χ1) is 10.7. The van der Waals surface area contributed by atoms with Crippen LogP contribution in [0.2, 0.25) is 0 Å². The number of carbonyl (C=O) groups is 1. The van der Waals surface area contributed by atoms with E-state index in [1.54, 1.807) is 0 Å². The minimum atomic E-state index is -4.22. The Balaban J connectivity index is 2.26. The van der Waals surface area contributed by atoms with Gasteiger partial charge in [0, 0.05) is 19.5 Å². The number of nitrogens with one attached hydrogen (secondary N) is 1. The summed E-state index contributed by atoms with van der Waals surface area (Å²) in [6.07, 6.45) is 0.450. The molecule has 1 aromatic carbocycles. The third-order valence-electron chi connectivity index (χ3n) is 2.98. The molecule has 0 aliphatic carbocycles. The van der Waals surface area contributed by atoms with Crippen molar-refractivity contribution in [3.63, 3.8) is 0 Å². The highest BCUT2D eigenvalue weighted by Crippen LogP contribution is 2.14. The van der Waals surface area contributed by atoms with Crippen molar-refractivity contribution in [2.24, 2.45) is 7.05 Å². The summed E-state index contributed by atoms with van der Waals surface area (Å²) in [7, 11) is -2.91. The summed E-state index contributed by atoms with van der Waals surface area (Å²) in [6.45, 7) is 0. The fraction of sp³-hybridized carbons (Fsp3) is 0.250. The second kappa shape index (κ2) is 6.38. The van der Waals surface area contributed by atoms with Crippen LogP contribution in [0.5, 0.6) is 0 Å². The van der Waals surface area contributed by atoms with Gasteiger partial charge >= 0.3 is 5.97 Å². The van der Waals surface area contributed by atoms with Crippen molar-refractivity contribution in [1.82, 2.24) is 19.7 Å². The minimum Gasteiger partial charge on any atom is -0.480 e. The fourth-order valence-corrected chi connectivity index (χ4v) is 3.11. The van der Waals surface area contributed by atoms with Crippen molar-refractivity contribution in [1.29, 1.82) is 0 Å². The maximum Gasteiger partial charge on any atom is 0.322 e. The van der Waals surface area contributed by atoms with Crippen molar-refractivity contribution in [3.8, 4) is 0 Å². The van der Waals surface area contributed by atoms with E-state index in [9.17, 15) is 22.0 Å². The van der Waals surface area contributed by atoms with Gasteiger partial charge in [-0.3, -0.25) is 4.79 Å². The van der Waals surface area contributed by atoms with Crippen LogP contribution in [0.15, 0.2) is 29.4 Å². The van der Waals surface area contributed by atoms with Gasteiger partial charge in [0.25, 0.3) is 10.0 Å². The highest BCUT2D eigenvalue weighted by atomic mass is 32.2.